The van der Waals surface area contributed by atoms with E-state index >= 15 is 0 Å². The maximum Gasteiger partial charge on any atom is 0.244 e. The van der Waals surface area contributed by atoms with Crippen LogP contribution in [0.2, 0.25) is 0 Å². The van der Waals surface area contributed by atoms with Crippen molar-refractivity contribution in [3.05, 3.63) is 65.7 Å². The third-order valence-electron chi connectivity index (χ3n) is 4.29. The molecule has 0 bridgehead atoms. The van der Waals surface area contributed by atoms with E-state index < -0.39 is 10.0 Å². The fraction of sp³-hybridized carbons (Fsp3) is 0.286. The summed E-state index contributed by atoms with van der Waals surface area (Å²) in [5.74, 6) is 0.447. The molecule has 0 fully saturated rings. The van der Waals surface area contributed by atoms with Gasteiger partial charge < -0.3 is 10.1 Å². The number of methoxy groups -OCH3 is 1. The van der Waals surface area contributed by atoms with Gasteiger partial charge in [-0.25, -0.2) is 8.42 Å². The molecule has 6 nitrogen and oxygen atoms in total. The lowest BCUT2D eigenvalue weighted by molar-refractivity contribution is -0.116. The highest BCUT2D eigenvalue weighted by Crippen LogP contribution is 2.18. The lowest BCUT2D eigenvalue weighted by Gasteiger charge is -2.18. The van der Waals surface area contributed by atoms with Crippen molar-refractivity contribution < 1.29 is 17.9 Å². The van der Waals surface area contributed by atoms with Crippen LogP contribution in [0.5, 0.6) is 5.75 Å². The van der Waals surface area contributed by atoms with Gasteiger partial charge in [0.25, 0.3) is 0 Å². The molecular formula is C21H26N2O4S. The Kier molecular flexibility index (Phi) is 7.78. The Morgan fingerprint density at radius 2 is 1.71 bits per heavy atom. The SMILES string of the molecule is CCN(CC)S(=O)(=O)c1ccc(CNC(=O)/C=C/c2ccccc2OC)cc1. The van der Waals surface area contributed by atoms with Gasteiger partial charge >= 0.3 is 0 Å². The first-order valence-electron chi connectivity index (χ1n) is 9.10. The Morgan fingerprint density at radius 1 is 1.07 bits per heavy atom. The molecule has 150 valence electrons. The zero-order valence-electron chi connectivity index (χ0n) is 16.4. The molecule has 2 rings (SSSR count). The summed E-state index contributed by atoms with van der Waals surface area (Å²) >= 11 is 0. The topological polar surface area (TPSA) is 75.7 Å². The Bertz CT molecular complexity index is 918. The van der Waals surface area contributed by atoms with Crippen molar-refractivity contribution in [2.75, 3.05) is 20.2 Å². The Labute approximate surface area is 166 Å². The van der Waals surface area contributed by atoms with Crippen LogP contribution in [0.25, 0.3) is 6.08 Å². The first kappa shape index (κ1) is 21.7. The van der Waals surface area contributed by atoms with E-state index in [1.165, 1.54) is 10.4 Å². The van der Waals surface area contributed by atoms with Crippen LogP contribution < -0.4 is 10.1 Å². The molecule has 0 saturated heterocycles. The molecule has 0 aliphatic carbocycles. The minimum atomic E-state index is -3.47. The molecule has 0 heterocycles. The zero-order chi connectivity index (χ0) is 20.6. The Balaban J connectivity index is 1.98. The van der Waals surface area contributed by atoms with Gasteiger partial charge in [-0.2, -0.15) is 4.31 Å². The summed E-state index contributed by atoms with van der Waals surface area (Å²) in [5.41, 5.74) is 1.63. The number of hydrogen-bond donors (Lipinski definition) is 1. The molecule has 2 aromatic rings. The van der Waals surface area contributed by atoms with Crippen LogP contribution in [0, 0.1) is 0 Å². The number of nitrogens with one attached hydrogen (secondary N) is 1. The summed E-state index contributed by atoms with van der Waals surface area (Å²) in [4.78, 5) is 12.3. The van der Waals surface area contributed by atoms with Crippen LogP contribution in [0.1, 0.15) is 25.0 Å². The van der Waals surface area contributed by atoms with Crippen molar-refractivity contribution in [1.29, 1.82) is 0 Å². The van der Waals surface area contributed by atoms with E-state index in [0.717, 1.165) is 11.1 Å². The Morgan fingerprint density at radius 3 is 2.32 bits per heavy atom. The number of amides is 1. The first-order valence-corrected chi connectivity index (χ1v) is 10.5. The summed E-state index contributed by atoms with van der Waals surface area (Å²) in [5, 5.41) is 2.78. The molecule has 0 radical (unpaired) electrons. The van der Waals surface area contributed by atoms with Crippen molar-refractivity contribution in [3.63, 3.8) is 0 Å². The Hall–Kier alpha value is -2.64. The first-order chi connectivity index (χ1) is 13.4. The van der Waals surface area contributed by atoms with Gasteiger partial charge in [-0.1, -0.05) is 44.2 Å². The van der Waals surface area contributed by atoms with Crippen molar-refractivity contribution in [3.8, 4) is 5.75 Å². The molecule has 0 atom stereocenters. The molecule has 28 heavy (non-hydrogen) atoms. The van der Waals surface area contributed by atoms with Gasteiger partial charge in [0.05, 0.1) is 12.0 Å². The van der Waals surface area contributed by atoms with Crippen LogP contribution >= 0.6 is 0 Å². The second-order valence-electron chi connectivity index (χ2n) is 6.03. The number of rotatable bonds is 9. The van der Waals surface area contributed by atoms with Gasteiger partial charge in [0, 0.05) is 31.3 Å². The van der Waals surface area contributed by atoms with Gasteiger partial charge in [-0.15, -0.1) is 0 Å². The van der Waals surface area contributed by atoms with E-state index in [-0.39, 0.29) is 10.8 Å². The standard InChI is InChI=1S/C21H26N2O4S/c1-4-23(5-2)28(25,26)19-13-10-17(11-14-19)16-22-21(24)15-12-18-8-6-7-9-20(18)27-3/h6-15H,4-5,16H2,1-3H3,(H,22,24)/b15-12+. The normalized spacial score (nSPS) is 11.7. The summed E-state index contributed by atoms with van der Waals surface area (Å²) in [6.45, 7) is 4.78. The summed E-state index contributed by atoms with van der Waals surface area (Å²) < 4.78 is 31.6. The van der Waals surface area contributed by atoms with E-state index in [1.807, 2.05) is 38.1 Å². The number of sulfonamides is 1. The molecular weight excluding hydrogens is 376 g/mol. The molecule has 0 spiro atoms. The molecule has 7 heteroatoms. The number of benzene rings is 2. The van der Waals surface area contributed by atoms with Crippen LogP contribution in [0.3, 0.4) is 0 Å². The quantitative estimate of drug-likeness (QED) is 0.654. The predicted molar refractivity (Wildman–Crippen MR) is 110 cm³/mol. The van der Waals surface area contributed by atoms with Gasteiger partial charge in [-0.3, -0.25) is 4.79 Å². The number of para-hydroxylation sites is 1. The van der Waals surface area contributed by atoms with Crippen LogP contribution in [0.15, 0.2) is 59.5 Å². The van der Waals surface area contributed by atoms with E-state index in [9.17, 15) is 13.2 Å². The summed E-state index contributed by atoms with van der Waals surface area (Å²) in [6, 6.07) is 14.0. The summed E-state index contributed by atoms with van der Waals surface area (Å²) in [6.07, 6.45) is 3.13. The number of hydrogen-bond acceptors (Lipinski definition) is 4. The lowest BCUT2D eigenvalue weighted by atomic mass is 10.2. The number of ether oxygens (including phenoxy) is 1. The minimum absolute atomic E-state index is 0.245. The average molecular weight is 403 g/mol. The number of nitrogens with zero attached hydrogens (tertiary/aromatic N) is 1. The highest BCUT2D eigenvalue weighted by Gasteiger charge is 2.21. The highest BCUT2D eigenvalue weighted by molar-refractivity contribution is 7.89. The molecule has 0 saturated carbocycles. The summed E-state index contributed by atoms with van der Waals surface area (Å²) in [7, 11) is -1.89. The van der Waals surface area contributed by atoms with Crippen LogP contribution in [-0.2, 0) is 21.4 Å². The van der Waals surface area contributed by atoms with E-state index in [1.54, 1.807) is 37.5 Å². The number of carbonyl (C=O) groups is 1. The van der Waals surface area contributed by atoms with E-state index in [2.05, 4.69) is 5.32 Å². The molecule has 1 amide bonds. The molecule has 0 aromatic heterocycles. The van der Waals surface area contributed by atoms with Crippen molar-refractivity contribution in [2.45, 2.75) is 25.3 Å². The molecule has 0 aliphatic heterocycles. The maximum atomic E-state index is 12.5. The fourth-order valence-corrected chi connectivity index (χ4v) is 4.17. The van der Waals surface area contributed by atoms with Crippen molar-refractivity contribution >= 4 is 22.0 Å². The third kappa shape index (κ3) is 5.43. The molecule has 0 aliphatic rings. The second-order valence-corrected chi connectivity index (χ2v) is 7.96. The zero-order valence-corrected chi connectivity index (χ0v) is 17.2. The van der Waals surface area contributed by atoms with Crippen LogP contribution in [-0.4, -0.2) is 38.8 Å². The predicted octanol–water partition coefficient (Wildman–Crippen LogP) is 3.06. The fourth-order valence-electron chi connectivity index (χ4n) is 2.71. The average Bonchev–Trinajstić information content (AvgIpc) is 2.72. The maximum absolute atomic E-state index is 12.5. The second kappa shape index (κ2) is 10.1. The smallest absolute Gasteiger partial charge is 0.244 e. The lowest BCUT2D eigenvalue weighted by Crippen LogP contribution is -2.30. The highest BCUT2D eigenvalue weighted by atomic mass is 32.2. The monoisotopic (exact) mass is 402 g/mol. The third-order valence-corrected chi connectivity index (χ3v) is 6.35. The van der Waals surface area contributed by atoms with Crippen molar-refractivity contribution in [2.24, 2.45) is 0 Å². The largest absolute Gasteiger partial charge is 0.496 e. The van der Waals surface area contributed by atoms with E-state index in [4.69, 9.17) is 4.74 Å². The van der Waals surface area contributed by atoms with Gasteiger partial charge in [0.2, 0.25) is 15.9 Å². The van der Waals surface area contributed by atoms with Gasteiger partial charge in [-0.05, 0) is 29.8 Å². The molecule has 0 unspecified atom stereocenters. The minimum Gasteiger partial charge on any atom is -0.496 e. The number of carbonyl (C=O) groups excluding carboxylic acids is 1. The van der Waals surface area contributed by atoms with Crippen molar-refractivity contribution in [1.82, 2.24) is 9.62 Å². The van der Waals surface area contributed by atoms with Gasteiger partial charge in [0.1, 0.15) is 5.75 Å². The van der Waals surface area contributed by atoms with Crippen LogP contribution in [0.4, 0.5) is 0 Å². The molecule has 2 aromatic carbocycles. The molecule has 1 N–H and O–H groups in total. The van der Waals surface area contributed by atoms with E-state index in [0.29, 0.717) is 25.4 Å². The van der Waals surface area contributed by atoms with Gasteiger partial charge in [0.15, 0.2) is 0 Å².